The molecule has 24 heavy (non-hydrogen) atoms. The van der Waals surface area contributed by atoms with Crippen molar-refractivity contribution < 1.29 is 13.5 Å². The van der Waals surface area contributed by atoms with E-state index in [2.05, 4.69) is 16.9 Å². The van der Waals surface area contributed by atoms with Gasteiger partial charge < -0.3 is 10.8 Å². The Labute approximate surface area is 142 Å². The molecule has 0 aliphatic heterocycles. The van der Waals surface area contributed by atoms with Crippen LogP contribution in [0.15, 0.2) is 53.4 Å². The van der Waals surface area contributed by atoms with Gasteiger partial charge in [-0.05, 0) is 47.6 Å². The number of benzene rings is 2. The van der Waals surface area contributed by atoms with E-state index in [1.807, 2.05) is 12.1 Å². The molecule has 1 saturated carbocycles. The highest BCUT2D eigenvalue weighted by Gasteiger charge is 2.27. The summed E-state index contributed by atoms with van der Waals surface area (Å²) >= 11 is 0. The maximum absolute atomic E-state index is 12.0. The highest BCUT2D eigenvalue weighted by Crippen LogP contribution is 2.37. The SMILES string of the molecule is NC1CC(c2cccc(-c3ccc(S(=O)(=O)NCCO)cc3)c2)C1. The Kier molecular flexibility index (Phi) is 5.01. The molecule has 0 bridgehead atoms. The van der Waals surface area contributed by atoms with Gasteiger partial charge in [0.25, 0.3) is 0 Å². The third-order valence-corrected chi connectivity index (χ3v) is 5.91. The summed E-state index contributed by atoms with van der Waals surface area (Å²) in [5.41, 5.74) is 9.20. The van der Waals surface area contributed by atoms with Gasteiger partial charge in [0.2, 0.25) is 10.0 Å². The third-order valence-electron chi connectivity index (χ3n) is 4.43. The summed E-state index contributed by atoms with van der Waals surface area (Å²) < 4.78 is 26.4. The number of nitrogens with one attached hydrogen (secondary N) is 1. The molecule has 0 heterocycles. The topological polar surface area (TPSA) is 92.4 Å². The fourth-order valence-corrected chi connectivity index (χ4v) is 4.02. The van der Waals surface area contributed by atoms with E-state index in [0.717, 1.165) is 24.0 Å². The molecule has 0 atom stereocenters. The van der Waals surface area contributed by atoms with Gasteiger partial charge in [-0.1, -0.05) is 36.4 Å². The van der Waals surface area contributed by atoms with Gasteiger partial charge in [0.1, 0.15) is 0 Å². The summed E-state index contributed by atoms with van der Waals surface area (Å²) in [7, 11) is -3.57. The minimum absolute atomic E-state index is 0.00958. The van der Waals surface area contributed by atoms with Crippen LogP contribution in [0.25, 0.3) is 11.1 Å². The van der Waals surface area contributed by atoms with Crippen molar-refractivity contribution in [3.63, 3.8) is 0 Å². The van der Waals surface area contributed by atoms with Crippen LogP contribution < -0.4 is 10.5 Å². The first-order valence-corrected chi connectivity index (χ1v) is 9.54. The fraction of sp³-hybridized carbons (Fsp3) is 0.333. The molecule has 0 amide bonds. The predicted molar refractivity (Wildman–Crippen MR) is 94.1 cm³/mol. The number of nitrogens with two attached hydrogens (primary N) is 1. The number of sulfonamides is 1. The van der Waals surface area contributed by atoms with Crippen molar-refractivity contribution in [2.24, 2.45) is 5.73 Å². The predicted octanol–water partition coefficient (Wildman–Crippen LogP) is 1.83. The lowest BCUT2D eigenvalue weighted by atomic mass is 9.76. The molecular formula is C18H22N2O3S. The molecule has 5 nitrogen and oxygen atoms in total. The van der Waals surface area contributed by atoms with Crippen LogP contribution in [0.5, 0.6) is 0 Å². The Morgan fingerprint density at radius 2 is 1.79 bits per heavy atom. The minimum Gasteiger partial charge on any atom is -0.395 e. The molecule has 0 spiro atoms. The number of aliphatic hydroxyl groups is 1. The van der Waals surface area contributed by atoms with E-state index < -0.39 is 10.0 Å². The van der Waals surface area contributed by atoms with E-state index in [-0.39, 0.29) is 18.0 Å². The molecule has 0 aromatic heterocycles. The summed E-state index contributed by atoms with van der Waals surface area (Å²) in [5, 5.41) is 8.75. The van der Waals surface area contributed by atoms with Crippen LogP contribution in [-0.2, 0) is 10.0 Å². The van der Waals surface area contributed by atoms with Gasteiger partial charge in [-0.25, -0.2) is 13.1 Å². The smallest absolute Gasteiger partial charge is 0.240 e. The number of hydrogen-bond acceptors (Lipinski definition) is 4. The molecule has 0 radical (unpaired) electrons. The molecule has 2 aromatic rings. The molecule has 2 aromatic carbocycles. The molecule has 1 aliphatic carbocycles. The Morgan fingerprint density at radius 3 is 2.42 bits per heavy atom. The van der Waals surface area contributed by atoms with Gasteiger partial charge in [0, 0.05) is 12.6 Å². The van der Waals surface area contributed by atoms with Crippen molar-refractivity contribution in [2.45, 2.75) is 29.7 Å². The third kappa shape index (κ3) is 3.67. The van der Waals surface area contributed by atoms with E-state index in [4.69, 9.17) is 10.8 Å². The Balaban J connectivity index is 1.80. The van der Waals surface area contributed by atoms with Crippen molar-refractivity contribution in [1.82, 2.24) is 4.72 Å². The highest BCUT2D eigenvalue weighted by atomic mass is 32.2. The van der Waals surface area contributed by atoms with Gasteiger partial charge in [0.05, 0.1) is 11.5 Å². The first kappa shape index (κ1) is 17.1. The second-order valence-electron chi connectivity index (χ2n) is 6.20. The molecule has 3 rings (SSSR count). The number of aliphatic hydroxyl groups excluding tert-OH is 1. The molecular weight excluding hydrogens is 324 g/mol. The average Bonchev–Trinajstić information content (AvgIpc) is 2.57. The van der Waals surface area contributed by atoms with Crippen LogP contribution >= 0.6 is 0 Å². The Bertz CT molecular complexity index is 797. The molecule has 4 N–H and O–H groups in total. The zero-order chi connectivity index (χ0) is 17.2. The second-order valence-corrected chi connectivity index (χ2v) is 7.97. The Hall–Kier alpha value is -1.73. The molecule has 1 aliphatic rings. The van der Waals surface area contributed by atoms with Gasteiger partial charge in [0.15, 0.2) is 0 Å². The molecule has 6 heteroatoms. The van der Waals surface area contributed by atoms with Crippen LogP contribution in [0, 0.1) is 0 Å². The summed E-state index contributed by atoms with van der Waals surface area (Å²) in [4.78, 5) is 0.195. The van der Waals surface area contributed by atoms with E-state index in [0.29, 0.717) is 12.0 Å². The van der Waals surface area contributed by atoms with Crippen molar-refractivity contribution in [2.75, 3.05) is 13.2 Å². The van der Waals surface area contributed by atoms with Crippen LogP contribution in [0.2, 0.25) is 0 Å². The maximum atomic E-state index is 12.0. The van der Waals surface area contributed by atoms with Crippen molar-refractivity contribution in [3.05, 3.63) is 54.1 Å². The van der Waals surface area contributed by atoms with Crippen LogP contribution in [0.3, 0.4) is 0 Å². The number of hydrogen-bond donors (Lipinski definition) is 3. The van der Waals surface area contributed by atoms with E-state index >= 15 is 0 Å². The summed E-state index contributed by atoms with van der Waals surface area (Å²) in [6, 6.07) is 15.4. The van der Waals surface area contributed by atoms with Crippen LogP contribution in [0.4, 0.5) is 0 Å². The largest absolute Gasteiger partial charge is 0.395 e. The first-order valence-electron chi connectivity index (χ1n) is 8.06. The van der Waals surface area contributed by atoms with E-state index in [9.17, 15) is 8.42 Å². The molecule has 128 valence electrons. The summed E-state index contributed by atoms with van der Waals surface area (Å²) in [6.07, 6.45) is 2.05. The normalized spacial score (nSPS) is 20.6. The second kappa shape index (κ2) is 7.03. The lowest BCUT2D eigenvalue weighted by molar-refractivity contribution is 0.301. The highest BCUT2D eigenvalue weighted by molar-refractivity contribution is 7.89. The standard InChI is InChI=1S/C18H22N2O3S/c19-17-11-16(12-17)15-3-1-2-14(10-15)13-4-6-18(7-5-13)24(22,23)20-8-9-21/h1-7,10,16-17,20-21H,8-9,11-12,19H2. The van der Waals surface area contributed by atoms with E-state index in [1.54, 1.807) is 24.3 Å². The first-order chi connectivity index (χ1) is 11.5. The zero-order valence-electron chi connectivity index (χ0n) is 13.4. The molecule has 0 unspecified atom stereocenters. The maximum Gasteiger partial charge on any atom is 0.240 e. The van der Waals surface area contributed by atoms with Gasteiger partial charge in [-0.3, -0.25) is 0 Å². The Morgan fingerprint density at radius 1 is 1.08 bits per heavy atom. The zero-order valence-corrected chi connectivity index (χ0v) is 14.2. The quantitative estimate of drug-likeness (QED) is 0.744. The summed E-state index contributed by atoms with van der Waals surface area (Å²) in [5.74, 6) is 0.530. The van der Waals surface area contributed by atoms with Crippen molar-refractivity contribution in [3.8, 4) is 11.1 Å². The van der Waals surface area contributed by atoms with Crippen LogP contribution in [-0.4, -0.2) is 32.7 Å². The van der Waals surface area contributed by atoms with E-state index in [1.165, 1.54) is 5.56 Å². The van der Waals surface area contributed by atoms with Crippen molar-refractivity contribution >= 4 is 10.0 Å². The van der Waals surface area contributed by atoms with Crippen LogP contribution in [0.1, 0.15) is 24.3 Å². The van der Waals surface area contributed by atoms with Gasteiger partial charge in [-0.2, -0.15) is 0 Å². The molecule has 1 fully saturated rings. The number of rotatable bonds is 6. The lowest BCUT2D eigenvalue weighted by Crippen LogP contribution is -2.34. The van der Waals surface area contributed by atoms with Gasteiger partial charge >= 0.3 is 0 Å². The minimum atomic E-state index is -3.57. The lowest BCUT2D eigenvalue weighted by Gasteiger charge is -2.33. The fourth-order valence-electron chi connectivity index (χ4n) is 3.00. The monoisotopic (exact) mass is 346 g/mol. The molecule has 0 saturated heterocycles. The van der Waals surface area contributed by atoms with Gasteiger partial charge in [-0.15, -0.1) is 0 Å². The summed E-state index contributed by atoms with van der Waals surface area (Å²) in [6.45, 7) is -0.218. The average molecular weight is 346 g/mol. The van der Waals surface area contributed by atoms with Crippen molar-refractivity contribution in [1.29, 1.82) is 0 Å².